The molecule has 5 heteroatoms. The molecule has 5 nitrogen and oxygen atoms in total. The monoisotopic (exact) mass is 370 g/mol. The average Bonchev–Trinajstić information content (AvgIpc) is 2.61. The fraction of sp³-hybridized carbons (Fsp3) is 0.409. The summed E-state index contributed by atoms with van der Waals surface area (Å²) in [6.07, 6.45) is 6.22. The number of benzene rings is 1. The van der Waals surface area contributed by atoms with Gasteiger partial charge in [-0.05, 0) is 57.9 Å². The van der Waals surface area contributed by atoms with Crippen LogP contribution in [-0.2, 0) is 0 Å². The van der Waals surface area contributed by atoms with Gasteiger partial charge in [0.2, 0.25) is 5.75 Å². The van der Waals surface area contributed by atoms with Crippen LogP contribution in [0, 0.1) is 0 Å². The number of aromatic nitrogens is 1. The van der Waals surface area contributed by atoms with Crippen LogP contribution in [0.1, 0.15) is 33.6 Å². The normalized spacial score (nSPS) is 11.4. The molecule has 0 bridgehead atoms. The molecule has 0 fully saturated rings. The minimum atomic E-state index is -0.286. The fourth-order valence-electron chi connectivity index (χ4n) is 2.81. The zero-order valence-electron chi connectivity index (χ0n) is 17.2. The second-order valence-electron chi connectivity index (χ2n) is 7.12. The molecular formula is C22H30N2O3. The van der Waals surface area contributed by atoms with Crippen LogP contribution in [0.5, 0.6) is 11.5 Å². The number of fused-ring (bicyclic) bond motifs is 1. The Hall–Kier alpha value is -2.69. The number of hydrogen-bond donors (Lipinski definition) is 1. The van der Waals surface area contributed by atoms with Crippen molar-refractivity contribution in [3.63, 3.8) is 0 Å². The van der Waals surface area contributed by atoms with Gasteiger partial charge >= 0.3 is 0 Å². The van der Waals surface area contributed by atoms with E-state index >= 15 is 0 Å². The summed E-state index contributed by atoms with van der Waals surface area (Å²) in [5.41, 5.74) is 4.00. The average molecular weight is 370 g/mol. The van der Waals surface area contributed by atoms with E-state index in [0.717, 1.165) is 29.4 Å². The summed E-state index contributed by atoms with van der Waals surface area (Å²) in [4.78, 5) is 17.4. The molecule has 0 aliphatic carbocycles. The van der Waals surface area contributed by atoms with E-state index in [-0.39, 0.29) is 11.3 Å². The fourth-order valence-corrected chi connectivity index (χ4v) is 2.81. The van der Waals surface area contributed by atoms with Crippen LogP contribution in [0.4, 0.5) is 5.69 Å². The Labute approximate surface area is 161 Å². The van der Waals surface area contributed by atoms with E-state index in [1.165, 1.54) is 11.1 Å². The van der Waals surface area contributed by atoms with Crippen LogP contribution < -0.4 is 19.9 Å². The minimum absolute atomic E-state index is 0.218. The SMILES string of the molecule is COc1c(OC/C=C(\C)CCC=C(C)C)c(=O)[nH]c2cc(N(C)C)ccc12. The van der Waals surface area contributed by atoms with Crippen molar-refractivity contribution in [3.8, 4) is 11.5 Å². The van der Waals surface area contributed by atoms with Gasteiger partial charge in [-0.15, -0.1) is 0 Å². The summed E-state index contributed by atoms with van der Waals surface area (Å²) in [7, 11) is 5.47. The molecule has 0 aliphatic heterocycles. The molecule has 0 saturated heterocycles. The summed E-state index contributed by atoms with van der Waals surface area (Å²) < 4.78 is 11.3. The van der Waals surface area contributed by atoms with Crippen LogP contribution in [0.2, 0.25) is 0 Å². The van der Waals surface area contributed by atoms with Crippen molar-refractivity contribution in [1.82, 2.24) is 4.98 Å². The van der Waals surface area contributed by atoms with Gasteiger partial charge in [0.15, 0.2) is 5.75 Å². The van der Waals surface area contributed by atoms with Gasteiger partial charge in [0.1, 0.15) is 6.61 Å². The highest BCUT2D eigenvalue weighted by Gasteiger charge is 2.15. The number of allylic oxidation sites excluding steroid dienone is 3. The first-order chi connectivity index (χ1) is 12.8. The Balaban J connectivity index is 2.23. The predicted octanol–water partition coefficient (Wildman–Crippen LogP) is 4.67. The van der Waals surface area contributed by atoms with Crippen molar-refractivity contribution in [2.24, 2.45) is 0 Å². The molecule has 1 N–H and O–H groups in total. The minimum Gasteiger partial charge on any atom is -0.492 e. The zero-order chi connectivity index (χ0) is 20.0. The molecular weight excluding hydrogens is 340 g/mol. The number of nitrogens with one attached hydrogen (secondary N) is 1. The molecule has 0 saturated carbocycles. The first-order valence-electron chi connectivity index (χ1n) is 9.16. The molecule has 0 spiro atoms. The lowest BCUT2D eigenvalue weighted by Crippen LogP contribution is -2.14. The van der Waals surface area contributed by atoms with Crippen molar-refractivity contribution in [3.05, 3.63) is 51.9 Å². The lowest BCUT2D eigenvalue weighted by atomic mass is 10.1. The second-order valence-corrected chi connectivity index (χ2v) is 7.12. The number of H-pyrrole nitrogens is 1. The third-order valence-electron chi connectivity index (χ3n) is 4.38. The van der Waals surface area contributed by atoms with E-state index in [9.17, 15) is 4.79 Å². The number of hydrogen-bond acceptors (Lipinski definition) is 4. The second kappa shape index (κ2) is 9.31. The van der Waals surface area contributed by atoms with Crippen molar-refractivity contribution in [1.29, 1.82) is 0 Å². The van der Waals surface area contributed by atoms with Crippen LogP contribution in [0.25, 0.3) is 10.9 Å². The standard InChI is InChI=1S/C22H30N2O3/c1-15(2)8-7-9-16(3)12-13-27-21-20(26-6)18-11-10-17(24(4)5)14-19(18)23-22(21)25/h8,10-12,14H,7,9,13H2,1-6H3,(H,23,25)/b16-12+. The van der Waals surface area contributed by atoms with Gasteiger partial charge in [0, 0.05) is 25.2 Å². The van der Waals surface area contributed by atoms with E-state index in [1.807, 2.05) is 43.3 Å². The smallest absolute Gasteiger partial charge is 0.294 e. The van der Waals surface area contributed by atoms with Crippen LogP contribution >= 0.6 is 0 Å². The molecule has 2 aromatic rings. The third-order valence-corrected chi connectivity index (χ3v) is 4.38. The highest BCUT2D eigenvalue weighted by molar-refractivity contribution is 5.89. The maximum atomic E-state index is 12.5. The number of methoxy groups -OCH3 is 1. The number of ether oxygens (including phenoxy) is 2. The number of aromatic amines is 1. The largest absolute Gasteiger partial charge is 0.492 e. The van der Waals surface area contributed by atoms with Gasteiger partial charge in [-0.1, -0.05) is 17.2 Å². The number of anilines is 1. The molecule has 27 heavy (non-hydrogen) atoms. The maximum Gasteiger partial charge on any atom is 0.294 e. The Morgan fingerprint density at radius 2 is 1.89 bits per heavy atom. The molecule has 146 valence electrons. The molecule has 1 aromatic carbocycles. The molecule has 0 atom stereocenters. The Kier molecular flexibility index (Phi) is 7.11. The summed E-state index contributed by atoms with van der Waals surface area (Å²) in [5, 5.41) is 0.821. The highest BCUT2D eigenvalue weighted by atomic mass is 16.5. The van der Waals surface area contributed by atoms with Crippen LogP contribution in [0.3, 0.4) is 0 Å². The van der Waals surface area contributed by atoms with E-state index in [4.69, 9.17) is 9.47 Å². The molecule has 2 rings (SSSR count). The van der Waals surface area contributed by atoms with Gasteiger partial charge in [0.05, 0.1) is 12.6 Å². The Bertz CT molecular complexity index is 904. The summed E-state index contributed by atoms with van der Waals surface area (Å²) in [6.45, 7) is 6.61. The van der Waals surface area contributed by atoms with Crippen LogP contribution in [-0.4, -0.2) is 32.8 Å². The molecule has 1 heterocycles. The van der Waals surface area contributed by atoms with Gasteiger partial charge in [0.25, 0.3) is 5.56 Å². The van der Waals surface area contributed by atoms with E-state index in [1.54, 1.807) is 7.11 Å². The molecule has 0 amide bonds. The molecule has 1 aromatic heterocycles. The Morgan fingerprint density at radius 3 is 2.52 bits per heavy atom. The van der Waals surface area contributed by atoms with Crippen molar-refractivity contribution < 1.29 is 9.47 Å². The number of pyridine rings is 1. The summed E-state index contributed by atoms with van der Waals surface area (Å²) in [5.74, 6) is 0.686. The highest BCUT2D eigenvalue weighted by Crippen LogP contribution is 2.33. The van der Waals surface area contributed by atoms with Crippen molar-refractivity contribution in [2.45, 2.75) is 33.6 Å². The molecule has 0 aliphatic rings. The van der Waals surface area contributed by atoms with Crippen LogP contribution in [0.15, 0.2) is 46.3 Å². The topological polar surface area (TPSA) is 54.6 Å². The molecule has 0 radical (unpaired) electrons. The number of rotatable bonds is 8. The quantitative estimate of drug-likeness (QED) is 0.686. The van der Waals surface area contributed by atoms with E-state index < -0.39 is 0 Å². The van der Waals surface area contributed by atoms with Gasteiger partial charge in [-0.2, -0.15) is 0 Å². The predicted molar refractivity (Wildman–Crippen MR) is 113 cm³/mol. The van der Waals surface area contributed by atoms with E-state index in [0.29, 0.717) is 12.4 Å². The van der Waals surface area contributed by atoms with Crippen molar-refractivity contribution in [2.75, 3.05) is 32.7 Å². The number of nitrogens with zero attached hydrogens (tertiary/aromatic N) is 1. The van der Waals surface area contributed by atoms with Crippen molar-refractivity contribution >= 4 is 16.6 Å². The first kappa shape index (κ1) is 20.6. The van der Waals surface area contributed by atoms with Gasteiger partial charge < -0.3 is 19.4 Å². The van der Waals surface area contributed by atoms with Gasteiger partial charge in [-0.25, -0.2) is 0 Å². The van der Waals surface area contributed by atoms with Gasteiger partial charge in [-0.3, -0.25) is 4.79 Å². The summed E-state index contributed by atoms with van der Waals surface area (Å²) >= 11 is 0. The summed E-state index contributed by atoms with van der Waals surface area (Å²) in [6, 6.07) is 5.85. The lowest BCUT2D eigenvalue weighted by Gasteiger charge is -2.15. The maximum absolute atomic E-state index is 12.5. The third kappa shape index (κ3) is 5.39. The lowest BCUT2D eigenvalue weighted by molar-refractivity contribution is 0.323. The first-order valence-corrected chi connectivity index (χ1v) is 9.16. The Morgan fingerprint density at radius 1 is 1.15 bits per heavy atom. The zero-order valence-corrected chi connectivity index (χ0v) is 17.2. The van der Waals surface area contributed by atoms with E-state index in [2.05, 4.69) is 31.8 Å². The molecule has 0 unspecified atom stereocenters.